The van der Waals surface area contributed by atoms with E-state index in [9.17, 15) is 0 Å². The highest BCUT2D eigenvalue weighted by atomic mass is 79.9. The lowest BCUT2D eigenvalue weighted by Gasteiger charge is -2.14. The average Bonchev–Trinajstić information content (AvgIpc) is 2.34. The summed E-state index contributed by atoms with van der Waals surface area (Å²) in [6.07, 6.45) is 0. The quantitative estimate of drug-likeness (QED) is 0.669. The van der Waals surface area contributed by atoms with Gasteiger partial charge in [-0.15, -0.1) is 11.3 Å². The molecule has 2 heterocycles. The summed E-state index contributed by atoms with van der Waals surface area (Å²) in [5, 5.41) is 1.94. The molecule has 4 heteroatoms. The largest absolute Gasteiger partial charge is 0.485 e. The molecule has 1 aromatic rings. The molecule has 1 aliphatic rings. The maximum absolute atomic E-state index is 5.33. The number of ether oxygens (including phenoxy) is 2. The topological polar surface area (TPSA) is 18.5 Å². The van der Waals surface area contributed by atoms with Crippen molar-refractivity contribution < 1.29 is 9.47 Å². The molecule has 0 amide bonds. The lowest BCUT2D eigenvalue weighted by Crippen LogP contribution is -2.14. The Morgan fingerprint density at radius 3 is 3.00 bits per heavy atom. The van der Waals surface area contributed by atoms with Gasteiger partial charge in [0.15, 0.2) is 11.5 Å². The van der Waals surface area contributed by atoms with Crippen LogP contribution in [0.4, 0.5) is 0 Å². The Morgan fingerprint density at radius 1 is 1.40 bits per heavy atom. The zero-order valence-corrected chi connectivity index (χ0v) is 7.50. The number of hydrogen-bond acceptors (Lipinski definition) is 3. The second-order valence-electron chi connectivity index (χ2n) is 1.90. The molecule has 0 fully saturated rings. The van der Waals surface area contributed by atoms with Crippen molar-refractivity contribution in [1.82, 2.24) is 0 Å². The molecule has 10 heavy (non-hydrogen) atoms. The highest BCUT2D eigenvalue weighted by Gasteiger charge is 2.15. The van der Waals surface area contributed by atoms with Gasteiger partial charge in [-0.3, -0.25) is 0 Å². The predicted molar refractivity (Wildman–Crippen MR) is 43.0 cm³/mol. The molecule has 54 valence electrons. The van der Waals surface area contributed by atoms with Crippen LogP contribution in [0, 0.1) is 0 Å². The molecule has 0 unspecified atom stereocenters. The molecule has 0 saturated heterocycles. The van der Waals surface area contributed by atoms with Crippen LogP contribution >= 0.6 is 27.3 Å². The van der Waals surface area contributed by atoms with Gasteiger partial charge >= 0.3 is 0 Å². The van der Waals surface area contributed by atoms with E-state index in [-0.39, 0.29) is 0 Å². The lowest BCUT2D eigenvalue weighted by atomic mass is 10.5. The van der Waals surface area contributed by atoms with Gasteiger partial charge in [0.25, 0.3) is 0 Å². The van der Waals surface area contributed by atoms with E-state index in [0.29, 0.717) is 13.2 Å². The van der Waals surface area contributed by atoms with Crippen molar-refractivity contribution in [1.29, 1.82) is 0 Å². The maximum atomic E-state index is 5.33. The van der Waals surface area contributed by atoms with Gasteiger partial charge in [0, 0.05) is 5.38 Å². The SMILES string of the molecule is Brc1scc2c1OCCO2. The summed E-state index contributed by atoms with van der Waals surface area (Å²) in [7, 11) is 0. The zero-order chi connectivity index (χ0) is 6.97. The molecule has 1 aromatic heterocycles. The first kappa shape index (κ1) is 6.49. The van der Waals surface area contributed by atoms with E-state index >= 15 is 0 Å². The summed E-state index contributed by atoms with van der Waals surface area (Å²) in [5.74, 6) is 1.72. The van der Waals surface area contributed by atoms with Gasteiger partial charge in [0.05, 0.1) is 0 Å². The van der Waals surface area contributed by atoms with Crippen LogP contribution in [-0.2, 0) is 0 Å². The summed E-state index contributed by atoms with van der Waals surface area (Å²) in [4.78, 5) is 0. The molecule has 1 aliphatic heterocycles. The fourth-order valence-electron chi connectivity index (χ4n) is 0.832. The minimum Gasteiger partial charge on any atom is -0.485 e. The first-order chi connectivity index (χ1) is 4.88. The van der Waals surface area contributed by atoms with Gasteiger partial charge in [-0.1, -0.05) is 0 Å². The molecule has 0 aromatic carbocycles. The highest BCUT2D eigenvalue weighted by molar-refractivity contribution is 9.11. The Hall–Kier alpha value is -0.220. The van der Waals surface area contributed by atoms with E-state index in [1.165, 1.54) is 0 Å². The monoisotopic (exact) mass is 220 g/mol. The molecular weight excluding hydrogens is 216 g/mol. The van der Waals surface area contributed by atoms with Crippen LogP contribution in [0.5, 0.6) is 11.5 Å². The third-order valence-electron chi connectivity index (χ3n) is 1.26. The van der Waals surface area contributed by atoms with Gasteiger partial charge in [0.2, 0.25) is 0 Å². The molecule has 0 spiro atoms. The fourth-order valence-corrected chi connectivity index (χ4v) is 2.07. The van der Waals surface area contributed by atoms with Gasteiger partial charge < -0.3 is 9.47 Å². The van der Waals surface area contributed by atoms with Crippen molar-refractivity contribution in [3.63, 3.8) is 0 Å². The van der Waals surface area contributed by atoms with Crippen molar-refractivity contribution in [3.05, 3.63) is 9.17 Å². The zero-order valence-electron chi connectivity index (χ0n) is 5.09. The summed E-state index contributed by atoms with van der Waals surface area (Å²) in [6.45, 7) is 1.32. The molecule has 0 aliphatic carbocycles. The van der Waals surface area contributed by atoms with E-state index in [0.717, 1.165) is 15.3 Å². The second kappa shape index (κ2) is 2.43. The van der Waals surface area contributed by atoms with Crippen LogP contribution < -0.4 is 9.47 Å². The van der Waals surface area contributed by atoms with Gasteiger partial charge in [0.1, 0.15) is 17.0 Å². The van der Waals surface area contributed by atoms with Gasteiger partial charge in [-0.05, 0) is 15.9 Å². The Bertz CT molecular complexity index is 246. The van der Waals surface area contributed by atoms with Crippen LogP contribution in [0.1, 0.15) is 0 Å². The molecule has 0 radical (unpaired) electrons. The lowest BCUT2D eigenvalue weighted by molar-refractivity contribution is 0.172. The number of fused-ring (bicyclic) bond motifs is 1. The first-order valence-electron chi connectivity index (χ1n) is 2.90. The summed E-state index contributed by atoms with van der Waals surface area (Å²) < 4.78 is 11.6. The normalized spacial score (nSPS) is 15.3. The maximum Gasteiger partial charge on any atom is 0.186 e. The smallest absolute Gasteiger partial charge is 0.186 e. The number of hydrogen-bond donors (Lipinski definition) is 0. The highest BCUT2D eigenvalue weighted by Crippen LogP contribution is 2.42. The standard InChI is InChI=1S/C6H5BrO2S/c7-6-5-4(3-10-6)8-1-2-9-5/h3H,1-2H2. The molecular formula is C6H5BrO2S. The number of thiophene rings is 1. The molecule has 0 saturated carbocycles. The van der Waals surface area contributed by atoms with Gasteiger partial charge in [-0.2, -0.15) is 0 Å². The van der Waals surface area contributed by atoms with E-state index in [2.05, 4.69) is 15.9 Å². The predicted octanol–water partition coefficient (Wildman–Crippen LogP) is 2.28. The van der Waals surface area contributed by atoms with Crippen molar-refractivity contribution in [2.45, 2.75) is 0 Å². The van der Waals surface area contributed by atoms with E-state index in [1.54, 1.807) is 11.3 Å². The van der Waals surface area contributed by atoms with Crippen LogP contribution in [0.2, 0.25) is 0 Å². The Labute approximate surface area is 70.9 Å². The average molecular weight is 221 g/mol. The van der Waals surface area contributed by atoms with E-state index < -0.39 is 0 Å². The Balaban J connectivity index is 2.45. The second-order valence-corrected chi connectivity index (χ2v) is 4.10. The van der Waals surface area contributed by atoms with Crippen molar-refractivity contribution in [3.8, 4) is 11.5 Å². The molecule has 2 nitrogen and oxygen atoms in total. The Morgan fingerprint density at radius 2 is 2.20 bits per heavy atom. The Kier molecular flexibility index (Phi) is 1.58. The molecule has 0 N–H and O–H groups in total. The third kappa shape index (κ3) is 0.914. The molecule has 0 bridgehead atoms. The minimum absolute atomic E-state index is 0.655. The van der Waals surface area contributed by atoms with Crippen molar-refractivity contribution >= 4 is 27.3 Å². The van der Waals surface area contributed by atoms with Crippen LogP contribution in [-0.4, -0.2) is 13.2 Å². The first-order valence-corrected chi connectivity index (χ1v) is 4.58. The van der Waals surface area contributed by atoms with Crippen molar-refractivity contribution in [2.24, 2.45) is 0 Å². The summed E-state index contributed by atoms with van der Waals surface area (Å²) >= 11 is 4.95. The number of rotatable bonds is 0. The van der Waals surface area contributed by atoms with E-state index in [4.69, 9.17) is 9.47 Å². The van der Waals surface area contributed by atoms with Crippen molar-refractivity contribution in [2.75, 3.05) is 13.2 Å². The molecule has 0 atom stereocenters. The molecule has 2 rings (SSSR count). The summed E-state index contributed by atoms with van der Waals surface area (Å²) in [5.41, 5.74) is 0. The van der Waals surface area contributed by atoms with Gasteiger partial charge in [-0.25, -0.2) is 0 Å². The fraction of sp³-hybridized carbons (Fsp3) is 0.333. The van der Waals surface area contributed by atoms with Crippen LogP contribution in [0.15, 0.2) is 9.17 Å². The summed E-state index contributed by atoms with van der Waals surface area (Å²) in [6, 6.07) is 0. The third-order valence-corrected chi connectivity index (χ3v) is 2.90. The van der Waals surface area contributed by atoms with E-state index in [1.807, 2.05) is 5.38 Å². The minimum atomic E-state index is 0.655. The van der Waals surface area contributed by atoms with Crippen LogP contribution in [0.3, 0.4) is 0 Å². The number of halogens is 1. The van der Waals surface area contributed by atoms with Crippen LogP contribution in [0.25, 0.3) is 0 Å².